The Kier molecular flexibility index (Phi) is 9.51. The minimum atomic E-state index is -4.89. The molecule has 5 atom stereocenters. The van der Waals surface area contributed by atoms with Crippen molar-refractivity contribution in [3.63, 3.8) is 0 Å². The van der Waals surface area contributed by atoms with Gasteiger partial charge in [0.25, 0.3) is 0 Å². The number of benzene rings is 2. The quantitative estimate of drug-likeness (QED) is 0.276. The molecule has 1 aliphatic carbocycles. The summed E-state index contributed by atoms with van der Waals surface area (Å²) in [5, 5.41) is 0. The topological polar surface area (TPSA) is 12.5 Å². The molecule has 0 bridgehead atoms. The van der Waals surface area contributed by atoms with Crippen LogP contribution in [0.5, 0.6) is 0 Å². The zero-order valence-corrected chi connectivity index (χ0v) is 21.4. The largest absolute Gasteiger partial charge is 0.416 e. The van der Waals surface area contributed by atoms with Crippen LogP contribution in [0, 0.1) is 11.8 Å². The highest BCUT2D eigenvalue weighted by Crippen LogP contribution is 2.48. The first-order valence-electron chi connectivity index (χ1n) is 12.8. The van der Waals surface area contributed by atoms with Crippen molar-refractivity contribution in [2.45, 2.75) is 64.1 Å². The Balaban J connectivity index is 0.00000186. The standard InChI is InChI=1S/C27H29F6NO.C2H6/c1-3-11-34-15-19-9-10-24(25(23(19)16-34)18-7-5-4-6-8-18)35-17(2)20-12-21(26(28,29)30)14-22(13-20)27(31,32)33;1-2/h3-8,12-14,17,19,23-25H,1,9-11,15-16H2,2H3;1-2H3/t17-,19-,23-,24+,25+;/m1./s1. The second kappa shape index (κ2) is 12.0. The molecule has 1 saturated carbocycles. The van der Waals surface area contributed by atoms with E-state index in [0.717, 1.165) is 43.8 Å². The predicted molar refractivity (Wildman–Crippen MR) is 133 cm³/mol. The fourth-order valence-corrected chi connectivity index (χ4v) is 5.71. The first-order valence-corrected chi connectivity index (χ1v) is 12.8. The van der Waals surface area contributed by atoms with Gasteiger partial charge < -0.3 is 4.74 Å². The van der Waals surface area contributed by atoms with Gasteiger partial charge in [0.05, 0.1) is 23.3 Å². The van der Waals surface area contributed by atoms with Crippen molar-refractivity contribution in [3.8, 4) is 0 Å². The van der Waals surface area contributed by atoms with Crippen molar-refractivity contribution < 1.29 is 31.1 Å². The Morgan fingerprint density at radius 1 is 0.946 bits per heavy atom. The van der Waals surface area contributed by atoms with Crippen LogP contribution in [0.1, 0.15) is 67.9 Å². The van der Waals surface area contributed by atoms with E-state index in [2.05, 4.69) is 11.5 Å². The van der Waals surface area contributed by atoms with Crippen LogP contribution in [-0.2, 0) is 17.1 Å². The summed E-state index contributed by atoms with van der Waals surface area (Å²) in [7, 11) is 0. The molecule has 2 aromatic carbocycles. The van der Waals surface area contributed by atoms with Gasteiger partial charge in [-0.25, -0.2) is 0 Å². The molecular weight excluding hydrogens is 492 g/mol. The van der Waals surface area contributed by atoms with E-state index in [9.17, 15) is 26.3 Å². The number of halogens is 6. The van der Waals surface area contributed by atoms with Crippen molar-refractivity contribution in [2.24, 2.45) is 11.8 Å². The summed E-state index contributed by atoms with van der Waals surface area (Å²) in [6, 6.07) is 11.5. The molecule has 4 rings (SSSR count). The fourth-order valence-electron chi connectivity index (χ4n) is 5.71. The Labute approximate surface area is 215 Å². The van der Waals surface area contributed by atoms with Crippen molar-refractivity contribution >= 4 is 0 Å². The van der Waals surface area contributed by atoms with Crippen LogP contribution in [0.25, 0.3) is 0 Å². The number of hydrogen-bond acceptors (Lipinski definition) is 2. The Bertz CT molecular complexity index is 987. The lowest BCUT2D eigenvalue weighted by Crippen LogP contribution is -2.38. The van der Waals surface area contributed by atoms with Gasteiger partial charge in [-0.05, 0) is 60.9 Å². The van der Waals surface area contributed by atoms with Gasteiger partial charge in [-0.2, -0.15) is 26.3 Å². The van der Waals surface area contributed by atoms with Crippen molar-refractivity contribution in [1.29, 1.82) is 0 Å². The lowest BCUT2D eigenvalue weighted by atomic mass is 9.69. The maximum absolute atomic E-state index is 13.4. The first kappa shape index (κ1) is 29.2. The summed E-state index contributed by atoms with van der Waals surface area (Å²) in [5.41, 5.74) is -1.69. The van der Waals surface area contributed by atoms with Gasteiger partial charge >= 0.3 is 12.4 Å². The van der Waals surface area contributed by atoms with E-state index in [0.29, 0.717) is 12.3 Å². The molecule has 2 aliphatic rings. The van der Waals surface area contributed by atoms with Crippen molar-refractivity contribution in [2.75, 3.05) is 19.6 Å². The highest BCUT2D eigenvalue weighted by Gasteiger charge is 2.46. The van der Waals surface area contributed by atoms with Gasteiger partial charge in [-0.3, -0.25) is 4.90 Å². The van der Waals surface area contributed by atoms with E-state index in [1.54, 1.807) is 0 Å². The number of nitrogens with zero attached hydrogens (tertiary/aromatic N) is 1. The lowest BCUT2D eigenvalue weighted by Gasteiger charge is -2.41. The van der Waals surface area contributed by atoms with Crippen LogP contribution >= 0.6 is 0 Å². The maximum Gasteiger partial charge on any atom is 0.416 e. The van der Waals surface area contributed by atoms with E-state index in [4.69, 9.17) is 4.74 Å². The molecule has 0 amide bonds. The van der Waals surface area contributed by atoms with Gasteiger partial charge in [0.1, 0.15) is 0 Å². The highest BCUT2D eigenvalue weighted by molar-refractivity contribution is 5.35. The molecule has 1 aliphatic heterocycles. The molecule has 0 N–H and O–H groups in total. The van der Waals surface area contributed by atoms with Gasteiger partial charge in [0.2, 0.25) is 0 Å². The van der Waals surface area contributed by atoms with Gasteiger partial charge in [-0.15, -0.1) is 6.58 Å². The third-order valence-electron chi connectivity index (χ3n) is 7.28. The zero-order chi connectivity index (χ0) is 27.4. The van der Waals surface area contributed by atoms with Crippen molar-refractivity contribution in [1.82, 2.24) is 4.90 Å². The molecule has 2 aromatic rings. The van der Waals surface area contributed by atoms with Gasteiger partial charge in [0, 0.05) is 25.6 Å². The summed E-state index contributed by atoms with van der Waals surface area (Å²) < 4.78 is 86.5. The molecular formula is C29H35F6NO. The molecule has 2 fully saturated rings. The summed E-state index contributed by atoms with van der Waals surface area (Å²) >= 11 is 0. The summed E-state index contributed by atoms with van der Waals surface area (Å²) in [6.07, 6.45) is -7.57. The van der Waals surface area contributed by atoms with Crippen LogP contribution in [0.4, 0.5) is 26.3 Å². The Morgan fingerprint density at radius 3 is 2.08 bits per heavy atom. The van der Waals surface area contributed by atoms with Gasteiger partial charge in [0.15, 0.2) is 0 Å². The third kappa shape index (κ3) is 6.96. The molecule has 204 valence electrons. The van der Waals surface area contributed by atoms with Crippen LogP contribution in [-0.4, -0.2) is 30.6 Å². The second-order valence-electron chi connectivity index (χ2n) is 9.60. The number of rotatable bonds is 6. The lowest BCUT2D eigenvalue weighted by molar-refractivity contribution is -0.143. The van der Waals surface area contributed by atoms with Crippen LogP contribution < -0.4 is 0 Å². The molecule has 2 nitrogen and oxygen atoms in total. The summed E-state index contributed by atoms with van der Waals surface area (Å²) in [4.78, 5) is 2.34. The van der Waals surface area contributed by atoms with Crippen molar-refractivity contribution in [3.05, 3.63) is 83.4 Å². The molecule has 0 spiro atoms. The minimum absolute atomic E-state index is 0.0000931. The fraction of sp³-hybridized carbons (Fsp3) is 0.517. The second-order valence-corrected chi connectivity index (χ2v) is 9.60. The van der Waals surface area contributed by atoms with E-state index < -0.39 is 29.6 Å². The van der Waals surface area contributed by atoms with Crippen LogP contribution in [0.2, 0.25) is 0 Å². The Hall–Kier alpha value is -2.32. The highest BCUT2D eigenvalue weighted by atomic mass is 19.4. The molecule has 1 saturated heterocycles. The molecule has 8 heteroatoms. The number of ether oxygens (including phenoxy) is 1. The molecule has 37 heavy (non-hydrogen) atoms. The normalized spacial score (nSPS) is 25.1. The number of likely N-dealkylation sites (tertiary alicyclic amines) is 1. The van der Waals surface area contributed by atoms with Crippen LogP contribution in [0.15, 0.2) is 61.2 Å². The van der Waals surface area contributed by atoms with E-state index in [-0.39, 0.29) is 29.6 Å². The SMILES string of the molecule is C=CCN1C[C@H]2CC[C@H](O[C@H](C)c3cc(C(F)(F)F)cc(C(F)(F)F)c3)[C@@H](c3ccccc3)[C@@H]2C1.CC. The smallest absolute Gasteiger partial charge is 0.370 e. The molecule has 0 unspecified atom stereocenters. The predicted octanol–water partition coefficient (Wildman–Crippen LogP) is 8.51. The summed E-state index contributed by atoms with van der Waals surface area (Å²) in [6.45, 7) is 11.9. The first-order chi connectivity index (χ1) is 17.5. The average Bonchev–Trinajstić information content (AvgIpc) is 3.27. The number of hydrogen-bond donors (Lipinski definition) is 0. The maximum atomic E-state index is 13.4. The van der Waals surface area contributed by atoms with Gasteiger partial charge in [-0.1, -0.05) is 50.3 Å². The van der Waals surface area contributed by atoms with Crippen LogP contribution in [0.3, 0.4) is 0 Å². The van der Waals surface area contributed by atoms with E-state index in [1.807, 2.05) is 50.3 Å². The Morgan fingerprint density at radius 2 is 1.54 bits per heavy atom. The number of alkyl halides is 6. The molecule has 0 radical (unpaired) electrons. The summed E-state index contributed by atoms with van der Waals surface area (Å²) in [5.74, 6) is 0.747. The molecule has 0 aromatic heterocycles. The average molecular weight is 528 g/mol. The number of fused-ring (bicyclic) bond motifs is 1. The monoisotopic (exact) mass is 527 g/mol. The molecule has 1 heterocycles. The van der Waals surface area contributed by atoms with E-state index in [1.165, 1.54) is 6.92 Å². The minimum Gasteiger partial charge on any atom is -0.370 e. The zero-order valence-electron chi connectivity index (χ0n) is 21.4. The third-order valence-corrected chi connectivity index (χ3v) is 7.28. The van der Waals surface area contributed by atoms with E-state index >= 15 is 0 Å².